The van der Waals surface area contributed by atoms with Crippen LogP contribution in [0, 0.1) is 5.82 Å². The molecule has 0 saturated heterocycles. The third-order valence-corrected chi connectivity index (χ3v) is 1.93. The van der Waals surface area contributed by atoms with Crippen molar-refractivity contribution in [3.8, 4) is 17.1 Å². The molecule has 72 valence electrons. The zero-order valence-electron chi connectivity index (χ0n) is 7.62. The average molecular weight is 192 g/mol. The molecular formula is C10H9FN2O. The quantitative estimate of drug-likeness (QED) is 0.792. The van der Waals surface area contributed by atoms with Crippen LogP contribution in [0.2, 0.25) is 0 Å². The Labute approximate surface area is 80.6 Å². The second-order valence-corrected chi connectivity index (χ2v) is 2.75. The number of hydrogen-bond donors (Lipinski definition) is 1. The summed E-state index contributed by atoms with van der Waals surface area (Å²) in [5.74, 6) is 0.596. The van der Waals surface area contributed by atoms with Crippen LogP contribution in [0.25, 0.3) is 11.4 Å². The molecule has 0 bridgehead atoms. The number of rotatable bonds is 2. The van der Waals surface area contributed by atoms with E-state index in [1.54, 1.807) is 24.5 Å². The summed E-state index contributed by atoms with van der Waals surface area (Å²) in [4.78, 5) is 6.82. The molecular weight excluding hydrogens is 183 g/mol. The summed E-state index contributed by atoms with van der Waals surface area (Å²) < 4.78 is 18.5. The van der Waals surface area contributed by atoms with Crippen LogP contribution in [0.3, 0.4) is 0 Å². The minimum atomic E-state index is -0.348. The lowest BCUT2D eigenvalue weighted by Gasteiger charge is -2.06. The van der Waals surface area contributed by atoms with Gasteiger partial charge in [-0.15, -0.1) is 0 Å². The first-order valence-electron chi connectivity index (χ1n) is 4.15. The highest BCUT2D eigenvalue weighted by molar-refractivity contribution is 5.64. The average Bonchev–Trinajstić information content (AvgIpc) is 2.70. The summed E-state index contributed by atoms with van der Waals surface area (Å²) in [6.45, 7) is 0. The predicted molar refractivity (Wildman–Crippen MR) is 50.5 cm³/mol. The lowest BCUT2D eigenvalue weighted by Crippen LogP contribution is -1.92. The van der Waals surface area contributed by atoms with Crippen LogP contribution >= 0.6 is 0 Å². The van der Waals surface area contributed by atoms with Crippen LogP contribution in [0.1, 0.15) is 0 Å². The first-order chi connectivity index (χ1) is 6.83. The first-order valence-corrected chi connectivity index (χ1v) is 4.15. The Kier molecular flexibility index (Phi) is 2.18. The van der Waals surface area contributed by atoms with E-state index < -0.39 is 0 Å². The van der Waals surface area contributed by atoms with E-state index in [0.717, 1.165) is 0 Å². The van der Waals surface area contributed by atoms with Gasteiger partial charge in [0.05, 0.1) is 12.7 Å². The summed E-state index contributed by atoms with van der Waals surface area (Å²) in [6.07, 6.45) is 3.21. The predicted octanol–water partition coefficient (Wildman–Crippen LogP) is 2.22. The lowest BCUT2D eigenvalue weighted by molar-refractivity contribution is 0.413. The number of methoxy groups -OCH3 is 1. The summed E-state index contributed by atoms with van der Waals surface area (Å²) in [7, 11) is 1.50. The van der Waals surface area contributed by atoms with Crippen molar-refractivity contribution in [2.24, 2.45) is 0 Å². The van der Waals surface area contributed by atoms with Gasteiger partial charge in [-0.2, -0.15) is 0 Å². The maximum atomic E-state index is 13.5. The molecule has 0 saturated carbocycles. The Bertz CT molecular complexity index is 426. The number of H-pyrrole nitrogens is 1. The number of aromatic amines is 1. The van der Waals surface area contributed by atoms with Gasteiger partial charge in [-0.05, 0) is 12.1 Å². The van der Waals surface area contributed by atoms with Gasteiger partial charge in [0.25, 0.3) is 0 Å². The van der Waals surface area contributed by atoms with E-state index in [2.05, 4.69) is 9.97 Å². The van der Waals surface area contributed by atoms with Gasteiger partial charge in [-0.1, -0.05) is 6.07 Å². The van der Waals surface area contributed by atoms with Crippen LogP contribution in [0.15, 0.2) is 30.6 Å². The maximum Gasteiger partial charge on any atom is 0.144 e. The molecule has 3 nitrogen and oxygen atoms in total. The van der Waals surface area contributed by atoms with Gasteiger partial charge < -0.3 is 9.72 Å². The van der Waals surface area contributed by atoms with Gasteiger partial charge in [-0.25, -0.2) is 9.37 Å². The van der Waals surface area contributed by atoms with E-state index in [1.807, 2.05) is 0 Å². The SMILES string of the molecule is COc1cccc(F)c1-c1ncc[nH]1. The number of nitrogens with zero attached hydrogens (tertiary/aromatic N) is 1. The number of halogens is 1. The molecule has 14 heavy (non-hydrogen) atoms. The molecule has 1 aromatic heterocycles. The van der Waals surface area contributed by atoms with E-state index in [4.69, 9.17) is 4.74 Å². The fraction of sp³-hybridized carbons (Fsp3) is 0.100. The largest absolute Gasteiger partial charge is 0.496 e. The summed E-state index contributed by atoms with van der Waals surface area (Å²) in [5.41, 5.74) is 0.361. The van der Waals surface area contributed by atoms with Crippen molar-refractivity contribution in [2.75, 3.05) is 7.11 Å². The van der Waals surface area contributed by atoms with Gasteiger partial charge in [0.15, 0.2) is 0 Å². The Balaban J connectivity index is 2.61. The molecule has 1 heterocycles. The molecule has 2 aromatic rings. The lowest BCUT2D eigenvalue weighted by atomic mass is 10.2. The van der Waals surface area contributed by atoms with Crippen molar-refractivity contribution in [1.82, 2.24) is 9.97 Å². The fourth-order valence-corrected chi connectivity index (χ4v) is 1.31. The zero-order chi connectivity index (χ0) is 9.97. The number of aromatic nitrogens is 2. The molecule has 0 unspecified atom stereocenters. The first kappa shape index (κ1) is 8.74. The van der Waals surface area contributed by atoms with Gasteiger partial charge in [0, 0.05) is 12.4 Å². The minimum absolute atomic E-state index is 0.348. The zero-order valence-corrected chi connectivity index (χ0v) is 7.62. The van der Waals surface area contributed by atoms with Crippen molar-refractivity contribution in [2.45, 2.75) is 0 Å². The third-order valence-electron chi connectivity index (χ3n) is 1.93. The molecule has 4 heteroatoms. The molecule has 0 atom stereocenters. The van der Waals surface area contributed by atoms with Crippen molar-refractivity contribution >= 4 is 0 Å². The molecule has 1 N–H and O–H groups in total. The van der Waals surface area contributed by atoms with Crippen molar-refractivity contribution in [3.63, 3.8) is 0 Å². The number of imidazole rings is 1. The number of nitrogens with one attached hydrogen (secondary N) is 1. The van der Waals surface area contributed by atoms with Gasteiger partial charge in [0.2, 0.25) is 0 Å². The summed E-state index contributed by atoms with van der Waals surface area (Å²) in [5, 5.41) is 0. The fourth-order valence-electron chi connectivity index (χ4n) is 1.31. The molecule has 2 rings (SSSR count). The van der Waals surface area contributed by atoms with Crippen molar-refractivity contribution in [3.05, 3.63) is 36.4 Å². The van der Waals surface area contributed by atoms with Crippen molar-refractivity contribution in [1.29, 1.82) is 0 Å². The maximum absolute atomic E-state index is 13.5. The van der Waals surface area contributed by atoms with Gasteiger partial charge in [0.1, 0.15) is 17.4 Å². The van der Waals surface area contributed by atoms with E-state index in [1.165, 1.54) is 13.2 Å². The van der Waals surface area contributed by atoms with Crippen LogP contribution in [0.5, 0.6) is 5.75 Å². The van der Waals surface area contributed by atoms with Gasteiger partial charge in [-0.3, -0.25) is 0 Å². The third kappa shape index (κ3) is 1.35. The van der Waals surface area contributed by atoms with Crippen LogP contribution in [-0.2, 0) is 0 Å². The Morgan fingerprint density at radius 3 is 2.93 bits per heavy atom. The van der Waals surface area contributed by atoms with Gasteiger partial charge >= 0.3 is 0 Å². The normalized spacial score (nSPS) is 10.1. The number of hydrogen-bond acceptors (Lipinski definition) is 2. The molecule has 0 aliphatic heterocycles. The molecule has 0 amide bonds. The second-order valence-electron chi connectivity index (χ2n) is 2.75. The van der Waals surface area contributed by atoms with Crippen LogP contribution in [-0.4, -0.2) is 17.1 Å². The van der Waals surface area contributed by atoms with E-state index >= 15 is 0 Å². The van der Waals surface area contributed by atoms with Crippen LogP contribution < -0.4 is 4.74 Å². The van der Waals surface area contributed by atoms with E-state index in [9.17, 15) is 4.39 Å². The van der Waals surface area contributed by atoms with E-state index in [-0.39, 0.29) is 5.82 Å². The Hall–Kier alpha value is -1.84. The standard InChI is InChI=1S/C10H9FN2O/c1-14-8-4-2-3-7(11)9(8)10-12-5-6-13-10/h2-6H,1H3,(H,12,13). The molecule has 1 aromatic carbocycles. The summed E-state index contributed by atoms with van der Waals surface area (Å²) >= 11 is 0. The Morgan fingerprint density at radius 1 is 1.43 bits per heavy atom. The van der Waals surface area contributed by atoms with Crippen molar-refractivity contribution < 1.29 is 9.13 Å². The Morgan fingerprint density at radius 2 is 2.29 bits per heavy atom. The highest BCUT2D eigenvalue weighted by atomic mass is 19.1. The smallest absolute Gasteiger partial charge is 0.144 e. The topological polar surface area (TPSA) is 37.9 Å². The summed E-state index contributed by atoms with van der Waals surface area (Å²) in [6, 6.07) is 4.67. The second kappa shape index (κ2) is 3.49. The molecule has 0 aliphatic rings. The number of ether oxygens (including phenoxy) is 1. The molecule has 0 spiro atoms. The number of benzene rings is 1. The van der Waals surface area contributed by atoms with E-state index in [0.29, 0.717) is 17.1 Å². The molecule has 0 fully saturated rings. The highest BCUT2D eigenvalue weighted by Gasteiger charge is 2.12. The van der Waals surface area contributed by atoms with Crippen LogP contribution in [0.4, 0.5) is 4.39 Å². The minimum Gasteiger partial charge on any atom is -0.496 e. The molecule has 0 aliphatic carbocycles. The molecule has 0 radical (unpaired) electrons. The monoisotopic (exact) mass is 192 g/mol. The highest BCUT2D eigenvalue weighted by Crippen LogP contribution is 2.29.